The van der Waals surface area contributed by atoms with Gasteiger partial charge in [-0.2, -0.15) is 0 Å². The van der Waals surface area contributed by atoms with Gasteiger partial charge in [-0.15, -0.1) is 0 Å². The SMILES string of the molecule is Cc1ccc(C2CC(=O)OC2=O)nc1. The Morgan fingerprint density at radius 3 is 2.71 bits per heavy atom. The Balaban J connectivity index is 2.27. The third kappa shape index (κ3) is 1.51. The first-order chi connectivity index (χ1) is 6.66. The zero-order valence-corrected chi connectivity index (χ0v) is 7.69. The molecule has 4 heteroatoms. The lowest BCUT2D eigenvalue weighted by atomic mass is 10.0. The van der Waals surface area contributed by atoms with E-state index in [4.69, 9.17) is 0 Å². The monoisotopic (exact) mass is 191 g/mol. The number of aromatic nitrogens is 1. The normalized spacial score (nSPS) is 21.1. The highest BCUT2D eigenvalue weighted by Crippen LogP contribution is 2.25. The van der Waals surface area contributed by atoms with Crippen LogP contribution >= 0.6 is 0 Å². The Labute approximate surface area is 80.9 Å². The topological polar surface area (TPSA) is 56.3 Å². The number of rotatable bonds is 1. The Kier molecular flexibility index (Phi) is 2.04. The van der Waals surface area contributed by atoms with Gasteiger partial charge in [-0.1, -0.05) is 6.07 Å². The fourth-order valence-electron chi connectivity index (χ4n) is 1.39. The standard InChI is InChI=1S/C10H9NO3/c1-6-2-3-8(11-5-6)7-4-9(12)14-10(7)13/h2-3,5,7H,4H2,1H3. The van der Waals surface area contributed by atoms with Gasteiger partial charge in [0.15, 0.2) is 0 Å². The van der Waals surface area contributed by atoms with Crippen LogP contribution in [0.25, 0.3) is 0 Å². The highest BCUT2D eigenvalue weighted by atomic mass is 16.6. The molecule has 1 saturated heterocycles. The van der Waals surface area contributed by atoms with Crippen LogP contribution < -0.4 is 0 Å². The quantitative estimate of drug-likeness (QED) is 0.489. The molecule has 1 atom stereocenters. The van der Waals surface area contributed by atoms with E-state index in [9.17, 15) is 9.59 Å². The second-order valence-corrected chi connectivity index (χ2v) is 3.31. The fourth-order valence-corrected chi connectivity index (χ4v) is 1.39. The predicted molar refractivity (Wildman–Crippen MR) is 47.4 cm³/mol. The first-order valence-electron chi connectivity index (χ1n) is 4.34. The van der Waals surface area contributed by atoms with Crippen molar-refractivity contribution in [1.82, 2.24) is 4.98 Å². The third-order valence-corrected chi connectivity index (χ3v) is 2.16. The second kappa shape index (κ2) is 3.21. The molecule has 72 valence electrons. The summed E-state index contributed by atoms with van der Waals surface area (Å²) in [6.07, 6.45) is 1.78. The number of ether oxygens (including phenoxy) is 1. The lowest BCUT2D eigenvalue weighted by Gasteiger charge is -2.03. The number of hydrogen-bond donors (Lipinski definition) is 0. The zero-order valence-electron chi connectivity index (χ0n) is 7.69. The van der Waals surface area contributed by atoms with Crippen molar-refractivity contribution in [3.05, 3.63) is 29.6 Å². The first-order valence-corrected chi connectivity index (χ1v) is 4.34. The van der Waals surface area contributed by atoms with E-state index in [1.165, 1.54) is 0 Å². The molecule has 14 heavy (non-hydrogen) atoms. The largest absolute Gasteiger partial charge is 0.393 e. The molecule has 0 N–H and O–H groups in total. The number of carbonyl (C=O) groups is 2. The van der Waals surface area contributed by atoms with Gasteiger partial charge in [0, 0.05) is 6.20 Å². The number of carbonyl (C=O) groups excluding carboxylic acids is 2. The van der Waals surface area contributed by atoms with Crippen LogP contribution in [0.2, 0.25) is 0 Å². The number of hydrogen-bond acceptors (Lipinski definition) is 4. The van der Waals surface area contributed by atoms with Crippen LogP contribution in [0, 0.1) is 6.92 Å². The Hall–Kier alpha value is -1.71. The van der Waals surface area contributed by atoms with E-state index in [1.807, 2.05) is 13.0 Å². The van der Waals surface area contributed by atoms with Crippen molar-refractivity contribution in [3.8, 4) is 0 Å². The Morgan fingerprint density at radius 1 is 1.43 bits per heavy atom. The molecule has 1 aliphatic heterocycles. The molecule has 4 nitrogen and oxygen atoms in total. The second-order valence-electron chi connectivity index (χ2n) is 3.31. The van der Waals surface area contributed by atoms with Crippen LogP contribution in [0.3, 0.4) is 0 Å². The van der Waals surface area contributed by atoms with Gasteiger partial charge in [-0.3, -0.25) is 14.6 Å². The maximum absolute atomic E-state index is 11.2. The summed E-state index contributed by atoms with van der Waals surface area (Å²) in [5.41, 5.74) is 1.62. The molecule has 1 aromatic heterocycles. The molecule has 0 saturated carbocycles. The minimum atomic E-state index is -0.511. The summed E-state index contributed by atoms with van der Waals surface area (Å²) in [7, 11) is 0. The molecule has 1 aromatic rings. The molecule has 1 fully saturated rings. The van der Waals surface area contributed by atoms with Crippen molar-refractivity contribution in [2.75, 3.05) is 0 Å². The van der Waals surface area contributed by atoms with Crippen LogP contribution in [0.1, 0.15) is 23.6 Å². The van der Waals surface area contributed by atoms with Crippen LogP contribution in [-0.4, -0.2) is 16.9 Å². The molecule has 0 bridgehead atoms. The molecular formula is C10H9NO3. The van der Waals surface area contributed by atoms with Gasteiger partial charge >= 0.3 is 11.9 Å². The maximum Gasteiger partial charge on any atom is 0.323 e. The van der Waals surface area contributed by atoms with Crippen LogP contribution in [0.5, 0.6) is 0 Å². The van der Waals surface area contributed by atoms with Gasteiger partial charge in [-0.05, 0) is 18.6 Å². The van der Waals surface area contributed by atoms with Gasteiger partial charge in [0.2, 0.25) is 0 Å². The van der Waals surface area contributed by atoms with Gasteiger partial charge in [0.25, 0.3) is 0 Å². The summed E-state index contributed by atoms with van der Waals surface area (Å²) < 4.78 is 4.44. The molecule has 1 aliphatic rings. The van der Waals surface area contributed by atoms with Crippen LogP contribution in [-0.2, 0) is 14.3 Å². The van der Waals surface area contributed by atoms with Gasteiger partial charge in [-0.25, -0.2) is 0 Å². The summed E-state index contributed by atoms with van der Waals surface area (Å²) in [5, 5.41) is 0. The molecule has 0 spiro atoms. The highest BCUT2D eigenvalue weighted by molar-refractivity contribution is 5.97. The van der Waals surface area contributed by atoms with E-state index in [0.29, 0.717) is 5.69 Å². The summed E-state index contributed by atoms with van der Waals surface area (Å²) in [5.74, 6) is -1.48. The Bertz CT molecular complexity index is 383. The third-order valence-electron chi connectivity index (χ3n) is 2.16. The average Bonchev–Trinajstić information content (AvgIpc) is 2.47. The number of pyridine rings is 1. The molecular weight excluding hydrogens is 182 g/mol. The minimum Gasteiger partial charge on any atom is -0.393 e. The minimum absolute atomic E-state index is 0.106. The molecule has 1 unspecified atom stereocenters. The first kappa shape index (κ1) is 8.87. The summed E-state index contributed by atoms with van der Waals surface area (Å²) in [6.45, 7) is 1.91. The molecule has 0 amide bonds. The average molecular weight is 191 g/mol. The fraction of sp³-hybridized carbons (Fsp3) is 0.300. The molecule has 2 rings (SSSR count). The number of esters is 2. The van der Waals surface area contributed by atoms with Crippen LogP contribution in [0.15, 0.2) is 18.3 Å². The summed E-state index contributed by atoms with van der Waals surface area (Å²) in [6, 6.07) is 3.61. The maximum atomic E-state index is 11.2. The number of nitrogens with zero attached hydrogens (tertiary/aromatic N) is 1. The van der Waals surface area contributed by atoms with Crippen molar-refractivity contribution in [1.29, 1.82) is 0 Å². The lowest BCUT2D eigenvalue weighted by molar-refractivity contribution is -0.152. The summed E-state index contributed by atoms with van der Waals surface area (Å²) >= 11 is 0. The highest BCUT2D eigenvalue weighted by Gasteiger charge is 2.35. The van der Waals surface area contributed by atoms with E-state index < -0.39 is 17.9 Å². The van der Waals surface area contributed by atoms with E-state index in [0.717, 1.165) is 5.56 Å². The van der Waals surface area contributed by atoms with E-state index in [1.54, 1.807) is 12.3 Å². The van der Waals surface area contributed by atoms with Gasteiger partial charge in [0.1, 0.15) is 5.92 Å². The van der Waals surface area contributed by atoms with Gasteiger partial charge in [0.05, 0.1) is 12.1 Å². The van der Waals surface area contributed by atoms with Crippen molar-refractivity contribution in [3.63, 3.8) is 0 Å². The lowest BCUT2D eigenvalue weighted by Crippen LogP contribution is -2.07. The molecule has 0 aromatic carbocycles. The van der Waals surface area contributed by atoms with Crippen LogP contribution in [0.4, 0.5) is 0 Å². The van der Waals surface area contributed by atoms with Crippen molar-refractivity contribution >= 4 is 11.9 Å². The van der Waals surface area contributed by atoms with E-state index >= 15 is 0 Å². The number of cyclic esters (lactones) is 2. The molecule has 0 aliphatic carbocycles. The zero-order chi connectivity index (χ0) is 10.1. The van der Waals surface area contributed by atoms with Gasteiger partial charge < -0.3 is 4.74 Å². The van der Waals surface area contributed by atoms with Crippen molar-refractivity contribution in [2.45, 2.75) is 19.3 Å². The predicted octanol–water partition coefficient (Wildman–Crippen LogP) is 0.947. The smallest absolute Gasteiger partial charge is 0.323 e. The number of aryl methyl sites for hydroxylation is 1. The molecule has 0 radical (unpaired) electrons. The molecule has 2 heterocycles. The van der Waals surface area contributed by atoms with Crippen molar-refractivity contribution in [2.24, 2.45) is 0 Å². The van der Waals surface area contributed by atoms with E-state index in [2.05, 4.69) is 9.72 Å². The Morgan fingerprint density at radius 2 is 2.21 bits per heavy atom. The summed E-state index contributed by atoms with van der Waals surface area (Å²) in [4.78, 5) is 26.1. The van der Waals surface area contributed by atoms with Crippen molar-refractivity contribution < 1.29 is 14.3 Å². The van der Waals surface area contributed by atoms with E-state index in [-0.39, 0.29) is 6.42 Å².